The summed E-state index contributed by atoms with van der Waals surface area (Å²) in [6.45, 7) is 4.32. The van der Waals surface area contributed by atoms with E-state index in [-0.39, 0.29) is 12.2 Å². The molecule has 1 fully saturated rings. The zero-order valence-corrected chi connectivity index (χ0v) is 10.0. The lowest BCUT2D eigenvalue weighted by Gasteiger charge is -2.20. The van der Waals surface area contributed by atoms with Gasteiger partial charge < -0.3 is 9.84 Å². The Bertz CT molecular complexity index is 346. The van der Waals surface area contributed by atoms with Crippen LogP contribution in [-0.2, 0) is 0 Å². The summed E-state index contributed by atoms with van der Waals surface area (Å²) >= 11 is 0. The second-order valence-electron chi connectivity index (χ2n) is 4.85. The van der Waals surface area contributed by atoms with Crippen molar-refractivity contribution < 1.29 is 9.84 Å². The van der Waals surface area contributed by atoms with Crippen molar-refractivity contribution in [2.45, 2.75) is 51.2 Å². The number of para-hydroxylation sites is 1. The SMILES string of the molecule is CC(C)c1ccccc1O[C@H]1CCC[C@@H]1O. The molecule has 1 aliphatic carbocycles. The van der Waals surface area contributed by atoms with Crippen LogP contribution in [0.4, 0.5) is 0 Å². The molecule has 1 aliphatic rings. The quantitative estimate of drug-likeness (QED) is 0.848. The number of benzene rings is 1. The Morgan fingerprint density at radius 2 is 2.00 bits per heavy atom. The number of rotatable bonds is 3. The van der Waals surface area contributed by atoms with Gasteiger partial charge in [-0.2, -0.15) is 0 Å². The maximum atomic E-state index is 9.75. The average Bonchev–Trinajstić information content (AvgIpc) is 2.65. The van der Waals surface area contributed by atoms with Crippen molar-refractivity contribution in [3.05, 3.63) is 29.8 Å². The van der Waals surface area contributed by atoms with E-state index in [1.54, 1.807) is 0 Å². The molecule has 2 nitrogen and oxygen atoms in total. The fourth-order valence-corrected chi connectivity index (χ4v) is 2.27. The molecule has 2 heteroatoms. The topological polar surface area (TPSA) is 29.5 Å². The van der Waals surface area contributed by atoms with Crippen molar-refractivity contribution in [3.63, 3.8) is 0 Å². The van der Waals surface area contributed by atoms with Gasteiger partial charge in [0.1, 0.15) is 11.9 Å². The predicted molar refractivity (Wildman–Crippen MR) is 64.8 cm³/mol. The Hall–Kier alpha value is -1.02. The molecule has 1 aromatic rings. The summed E-state index contributed by atoms with van der Waals surface area (Å²) in [6.07, 6.45) is 2.60. The molecule has 0 heterocycles. The largest absolute Gasteiger partial charge is 0.487 e. The molecule has 2 rings (SSSR count). The fourth-order valence-electron chi connectivity index (χ4n) is 2.27. The van der Waals surface area contributed by atoms with E-state index in [9.17, 15) is 5.11 Å². The zero-order chi connectivity index (χ0) is 11.5. The minimum atomic E-state index is -0.291. The van der Waals surface area contributed by atoms with Crippen molar-refractivity contribution in [2.24, 2.45) is 0 Å². The van der Waals surface area contributed by atoms with Crippen LogP contribution in [-0.4, -0.2) is 17.3 Å². The first kappa shape index (κ1) is 11.5. The molecule has 0 aromatic heterocycles. The van der Waals surface area contributed by atoms with E-state index in [4.69, 9.17) is 4.74 Å². The van der Waals surface area contributed by atoms with Gasteiger partial charge in [-0.25, -0.2) is 0 Å². The monoisotopic (exact) mass is 220 g/mol. The molecule has 1 aromatic carbocycles. The third-order valence-corrected chi connectivity index (χ3v) is 3.24. The number of aliphatic hydroxyl groups excluding tert-OH is 1. The van der Waals surface area contributed by atoms with Crippen LogP contribution >= 0.6 is 0 Å². The second-order valence-corrected chi connectivity index (χ2v) is 4.85. The molecule has 0 amide bonds. The van der Waals surface area contributed by atoms with Crippen LogP contribution in [0.3, 0.4) is 0 Å². The lowest BCUT2D eigenvalue weighted by Crippen LogP contribution is -2.26. The molecule has 0 bridgehead atoms. The van der Waals surface area contributed by atoms with Gasteiger partial charge in [0, 0.05) is 0 Å². The summed E-state index contributed by atoms with van der Waals surface area (Å²) in [5, 5.41) is 9.75. The molecule has 1 saturated carbocycles. The molecule has 0 spiro atoms. The highest BCUT2D eigenvalue weighted by molar-refractivity contribution is 5.35. The van der Waals surface area contributed by atoms with Gasteiger partial charge in [0.25, 0.3) is 0 Å². The molecule has 0 saturated heterocycles. The van der Waals surface area contributed by atoms with Crippen molar-refractivity contribution in [1.82, 2.24) is 0 Å². The Morgan fingerprint density at radius 1 is 1.25 bits per heavy atom. The molecule has 2 atom stereocenters. The molecule has 0 unspecified atom stereocenters. The second kappa shape index (κ2) is 4.88. The summed E-state index contributed by atoms with van der Waals surface area (Å²) in [5.74, 6) is 1.39. The van der Waals surface area contributed by atoms with Crippen molar-refractivity contribution >= 4 is 0 Å². The molecule has 0 aliphatic heterocycles. The predicted octanol–water partition coefficient (Wildman–Crippen LogP) is 3.10. The van der Waals surface area contributed by atoms with E-state index in [2.05, 4.69) is 19.9 Å². The highest BCUT2D eigenvalue weighted by Crippen LogP contribution is 2.30. The van der Waals surface area contributed by atoms with Gasteiger partial charge in [0.05, 0.1) is 6.10 Å². The van der Waals surface area contributed by atoms with E-state index < -0.39 is 0 Å². The van der Waals surface area contributed by atoms with Crippen LogP contribution in [0.2, 0.25) is 0 Å². The Morgan fingerprint density at radius 3 is 2.62 bits per heavy atom. The van der Waals surface area contributed by atoms with E-state index in [1.165, 1.54) is 5.56 Å². The van der Waals surface area contributed by atoms with Gasteiger partial charge in [0.2, 0.25) is 0 Å². The van der Waals surface area contributed by atoms with Crippen LogP contribution in [0.1, 0.15) is 44.6 Å². The van der Waals surface area contributed by atoms with Crippen LogP contribution in [0.25, 0.3) is 0 Å². The number of ether oxygens (including phenoxy) is 1. The molecule has 88 valence electrons. The molecule has 1 N–H and O–H groups in total. The molecule has 0 radical (unpaired) electrons. The van der Waals surface area contributed by atoms with Gasteiger partial charge in [-0.3, -0.25) is 0 Å². The summed E-state index contributed by atoms with van der Waals surface area (Å²) in [4.78, 5) is 0. The highest BCUT2D eigenvalue weighted by atomic mass is 16.5. The summed E-state index contributed by atoms with van der Waals surface area (Å²) in [7, 11) is 0. The first-order valence-corrected chi connectivity index (χ1v) is 6.12. The van der Waals surface area contributed by atoms with Gasteiger partial charge in [-0.15, -0.1) is 0 Å². The van der Waals surface area contributed by atoms with E-state index in [0.717, 1.165) is 25.0 Å². The van der Waals surface area contributed by atoms with Gasteiger partial charge in [-0.1, -0.05) is 32.0 Å². The first-order chi connectivity index (χ1) is 7.68. The summed E-state index contributed by atoms with van der Waals surface area (Å²) in [6, 6.07) is 8.12. The third-order valence-electron chi connectivity index (χ3n) is 3.24. The number of hydrogen-bond acceptors (Lipinski definition) is 2. The fraction of sp³-hybridized carbons (Fsp3) is 0.571. The zero-order valence-electron chi connectivity index (χ0n) is 10.0. The highest BCUT2D eigenvalue weighted by Gasteiger charge is 2.27. The smallest absolute Gasteiger partial charge is 0.124 e. The van der Waals surface area contributed by atoms with Gasteiger partial charge >= 0.3 is 0 Å². The first-order valence-electron chi connectivity index (χ1n) is 6.12. The lowest BCUT2D eigenvalue weighted by molar-refractivity contribution is 0.0596. The average molecular weight is 220 g/mol. The lowest BCUT2D eigenvalue weighted by atomic mass is 10.0. The van der Waals surface area contributed by atoms with Crippen LogP contribution < -0.4 is 4.74 Å². The maximum Gasteiger partial charge on any atom is 0.124 e. The van der Waals surface area contributed by atoms with Crippen LogP contribution in [0.5, 0.6) is 5.75 Å². The Labute approximate surface area is 97.3 Å². The molecular formula is C14H20O2. The van der Waals surface area contributed by atoms with Gasteiger partial charge in [0.15, 0.2) is 0 Å². The summed E-state index contributed by atoms with van der Waals surface area (Å²) in [5.41, 5.74) is 1.22. The minimum Gasteiger partial charge on any atom is -0.487 e. The maximum absolute atomic E-state index is 9.75. The van der Waals surface area contributed by atoms with Gasteiger partial charge in [-0.05, 0) is 36.8 Å². The van der Waals surface area contributed by atoms with E-state index in [1.807, 2.05) is 18.2 Å². The summed E-state index contributed by atoms with van der Waals surface area (Å²) < 4.78 is 5.93. The normalized spacial score (nSPS) is 25.0. The standard InChI is InChI=1S/C14H20O2/c1-10(2)11-6-3-4-8-13(11)16-14-9-5-7-12(14)15/h3-4,6,8,10,12,14-15H,5,7,9H2,1-2H3/t12-,14-/m0/s1. The number of hydrogen-bond donors (Lipinski definition) is 1. The third kappa shape index (κ3) is 2.38. The van der Waals surface area contributed by atoms with Crippen molar-refractivity contribution in [3.8, 4) is 5.75 Å². The molecule has 16 heavy (non-hydrogen) atoms. The van der Waals surface area contributed by atoms with Crippen LogP contribution in [0, 0.1) is 0 Å². The van der Waals surface area contributed by atoms with Crippen LogP contribution in [0.15, 0.2) is 24.3 Å². The Kier molecular flexibility index (Phi) is 3.49. The van der Waals surface area contributed by atoms with E-state index >= 15 is 0 Å². The van der Waals surface area contributed by atoms with Crippen molar-refractivity contribution in [2.75, 3.05) is 0 Å². The van der Waals surface area contributed by atoms with E-state index in [0.29, 0.717) is 5.92 Å². The minimum absolute atomic E-state index is 0.0140. The molecular weight excluding hydrogens is 200 g/mol. The Balaban J connectivity index is 2.14. The number of aliphatic hydroxyl groups is 1. The van der Waals surface area contributed by atoms with Crippen molar-refractivity contribution in [1.29, 1.82) is 0 Å².